The summed E-state index contributed by atoms with van der Waals surface area (Å²) in [6.07, 6.45) is 1.62. The lowest BCUT2D eigenvalue weighted by molar-refractivity contribution is -0.123. The standard InChI is InChI=1S/C19H15Cl2NO4S/c1-25-15-4-2-3-5-16(15)26-9-8-22-18(23)17(27-19(22)24)11-12-6-7-13(20)14(21)10-12/h2-7,10-11H,8-9H2,1H3/b17-11-. The number of imide groups is 1. The smallest absolute Gasteiger partial charge is 0.293 e. The van der Waals surface area contributed by atoms with Crippen molar-refractivity contribution >= 4 is 52.2 Å². The first-order valence-corrected chi connectivity index (χ1v) is 9.53. The number of benzene rings is 2. The van der Waals surface area contributed by atoms with Crippen molar-refractivity contribution in [1.29, 1.82) is 0 Å². The van der Waals surface area contributed by atoms with E-state index >= 15 is 0 Å². The van der Waals surface area contributed by atoms with Gasteiger partial charge in [-0.15, -0.1) is 0 Å². The predicted octanol–water partition coefficient (Wildman–Crippen LogP) is 5.12. The van der Waals surface area contributed by atoms with Crippen LogP contribution in [0.4, 0.5) is 4.79 Å². The van der Waals surface area contributed by atoms with Gasteiger partial charge in [-0.05, 0) is 47.7 Å². The molecule has 1 fully saturated rings. The Labute approximate surface area is 170 Å². The molecule has 2 aromatic carbocycles. The number of hydrogen-bond acceptors (Lipinski definition) is 5. The van der Waals surface area contributed by atoms with E-state index in [0.29, 0.717) is 32.0 Å². The van der Waals surface area contributed by atoms with Crippen LogP contribution in [0.5, 0.6) is 11.5 Å². The maximum absolute atomic E-state index is 12.5. The fraction of sp³-hybridized carbons (Fsp3) is 0.158. The normalized spacial score (nSPS) is 15.5. The highest BCUT2D eigenvalue weighted by Gasteiger charge is 2.34. The van der Waals surface area contributed by atoms with Gasteiger partial charge in [-0.2, -0.15) is 0 Å². The Morgan fingerprint density at radius 1 is 1.07 bits per heavy atom. The number of carbonyl (C=O) groups excluding carboxylic acids is 2. The Kier molecular flexibility index (Phi) is 6.31. The van der Waals surface area contributed by atoms with Crippen molar-refractivity contribution in [3.8, 4) is 11.5 Å². The van der Waals surface area contributed by atoms with Crippen LogP contribution in [0.25, 0.3) is 6.08 Å². The number of halogens is 2. The van der Waals surface area contributed by atoms with Gasteiger partial charge >= 0.3 is 0 Å². The quantitative estimate of drug-likeness (QED) is 0.603. The van der Waals surface area contributed by atoms with E-state index in [0.717, 1.165) is 16.7 Å². The average molecular weight is 424 g/mol. The SMILES string of the molecule is COc1ccccc1OCCN1C(=O)S/C(=C\c2ccc(Cl)c(Cl)c2)C1=O. The van der Waals surface area contributed by atoms with Gasteiger partial charge in [0, 0.05) is 0 Å². The molecule has 0 bridgehead atoms. The van der Waals surface area contributed by atoms with Crippen molar-refractivity contribution in [2.24, 2.45) is 0 Å². The number of amides is 2. The first kappa shape index (κ1) is 19.6. The molecule has 0 radical (unpaired) electrons. The molecule has 3 rings (SSSR count). The molecule has 27 heavy (non-hydrogen) atoms. The maximum Gasteiger partial charge on any atom is 0.293 e. The van der Waals surface area contributed by atoms with Crippen molar-refractivity contribution in [1.82, 2.24) is 4.90 Å². The summed E-state index contributed by atoms with van der Waals surface area (Å²) >= 11 is 12.8. The van der Waals surface area contributed by atoms with Crippen LogP contribution in [0, 0.1) is 0 Å². The van der Waals surface area contributed by atoms with Gasteiger partial charge in [0.2, 0.25) is 0 Å². The molecule has 0 saturated carbocycles. The van der Waals surface area contributed by atoms with E-state index in [9.17, 15) is 9.59 Å². The molecule has 8 heteroatoms. The number of methoxy groups -OCH3 is 1. The highest BCUT2D eigenvalue weighted by molar-refractivity contribution is 8.18. The first-order valence-electron chi connectivity index (χ1n) is 7.96. The largest absolute Gasteiger partial charge is 0.493 e. The lowest BCUT2D eigenvalue weighted by Gasteiger charge is -2.14. The minimum absolute atomic E-state index is 0.140. The number of carbonyl (C=O) groups is 2. The molecular formula is C19H15Cl2NO4S. The molecule has 1 aliphatic rings. The number of rotatable bonds is 6. The third kappa shape index (κ3) is 4.58. The lowest BCUT2D eigenvalue weighted by atomic mass is 10.2. The topological polar surface area (TPSA) is 55.8 Å². The minimum Gasteiger partial charge on any atom is -0.493 e. The highest BCUT2D eigenvalue weighted by Crippen LogP contribution is 2.33. The van der Waals surface area contributed by atoms with Crippen LogP contribution in [0.2, 0.25) is 10.0 Å². The van der Waals surface area contributed by atoms with Gasteiger partial charge in [-0.1, -0.05) is 41.4 Å². The summed E-state index contributed by atoms with van der Waals surface area (Å²) in [4.78, 5) is 26.2. The summed E-state index contributed by atoms with van der Waals surface area (Å²) in [5, 5.41) is 0.472. The van der Waals surface area contributed by atoms with Crippen molar-refractivity contribution in [2.75, 3.05) is 20.3 Å². The summed E-state index contributed by atoms with van der Waals surface area (Å²) in [6, 6.07) is 12.2. The molecular weight excluding hydrogens is 409 g/mol. The van der Waals surface area contributed by atoms with Crippen LogP contribution < -0.4 is 9.47 Å². The molecule has 0 aromatic heterocycles. The van der Waals surface area contributed by atoms with Crippen LogP contribution in [0.15, 0.2) is 47.4 Å². The Balaban J connectivity index is 1.65. The number of nitrogens with zero attached hydrogens (tertiary/aromatic N) is 1. The van der Waals surface area contributed by atoms with Gasteiger partial charge in [-0.3, -0.25) is 14.5 Å². The Hall–Kier alpha value is -2.15. The number of para-hydroxylation sites is 2. The van der Waals surface area contributed by atoms with Crippen LogP contribution in [0.3, 0.4) is 0 Å². The second-order valence-electron chi connectivity index (χ2n) is 5.51. The molecule has 0 aliphatic carbocycles. The summed E-state index contributed by atoms with van der Waals surface area (Å²) in [7, 11) is 1.55. The van der Waals surface area contributed by atoms with Crippen molar-refractivity contribution in [3.05, 3.63) is 63.0 Å². The number of ether oxygens (including phenoxy) is 2. The van der Waals surface area contributed by atoms with Gasteiger partial charge in [-0.25, -0.2) is 0 Å². The van der Waals surface area contributed by atoms with Crippen LogP contribution in [0.1, 0.15) is 5.56 Å². The molecule has 0 unspecified atom stereocenters. The van der Waals surface area contributed by atoms with Crippen molar-refractivity contribution in [3.63, 3.8) is 0 Å². The van der Waals surface area contributed by atoms with Crippen molar-refractivity contribution in [2.45, 2.75) is 0 Å². The molecule has 0 atom stereocenters. The number of hydrogen-bond donors (Lipinski definition) is 0. The molecule has 140 valence electrons. The van der Waals surface area contributed by atoms with E-state index in [2.05, 4.69) is 0 Å². The van der Waals surface area contributed by atoms with Gasteiger partial charge in [0.25, 0.3) is 11.1 Å². The molecule has 0 N–H and O–H groups in total. The van der Waals surface area contributed by atoms with Gasteiger partial charge in [0.15, 0.2) is 11.5 Å². The Morgan fingerprint density at radius 2 is 1.81 bits per heavy atom. The minimum atomic E-state index is -0.361. The number of thioether (sulfide) groups is 1. The third-order valence-corrected chi connectivity index (χ3v) is 5.40. The van der Waals surface area contributed by atoms with Crippen LogP contribution >= 0.6 is 35.0 Å². The van der Waals surface area contributed by atoms with E-state index in [4.69, 9.17) is 32.7 Å². The summed E-state index contributed by atoms with van der Waals surface area (Å²) in [6.45, 7) is 0.305. The zero-order chi connectivity index (χ0) is 19.4. The van der Waals surface area contributed by atoms with E-state index in [1.807, 2.05) is 12.1 Å². The van der Waals surface area contributed by atoms with E-state index in [1.54, 1.807) is 43.5 Å². The predicted molar refractivity (Wildman–Crippen MR) is 108 cm³/mol. The summed E-state index contributed by atoms with van der Waals surface area (Å²) < 4.78 is 10.8. The molecule has 2 aromatic rings. The molecule has 1 heterocycles. The molecule has 1 saturated heterocycles. The average Bonchev–Trinajstić information content (AvgIpc) is 2.92. The zero-order valence-electron chi connectivity index (χ0n) is 14.3. The zero-order valence-corrected chi connectivity index (χ0v) is 16.6. The first-order chi connectivity index (χ1) is 13.0. The second kappa shape index (κ2) is 8.69. The summed E-state index contributed by atoms with van der Waals surface area (Å²) in [5.41, 5.74) is 0.695. The Bertz CT molecular complexity index is 916. The molecule has 1 aliphatic heterocycles. The van der Waals surface area contributed by atoms with Crippen molar-refractivity contribution < 1.29 is 19.1 Å². The van der Waals surface area contributed by atoms with Crippen LogP contribution in [-0.2, 0) is 4.79 Å². The second-order valence-corrected chi connectivity index (χ2v) is 7.31. The van der Waals surface area contributed by atoms with Gasteiger partial charge in [0.05, 0.1) is 28.6 Å². The third-order valence-electron chi connectivity index (χ3n) is 3.76. The fourth-order valence-corrected chi connectivity index (χ4v) is 3.60. The highest BCUT2D eigenvalue weighted by atomic mass is 35.5. The van der Waals surface area contributed by atoms with E-state index in [-0.39, 0.29) is 24.3 Å². The summed E-state index contributed by atoms with van der Waals surface area (Å²) in [5.74, 6) is 0.782. The van der Waals surface area contributed by atoms with Crippen LogP contribution in [-0.4, -0.2) is 36.3 Å². The van der Waals surface area contributed by atoms with E-state index in [1.165, 1.54) is 0 Å². The van der Waals surface area contributed by atoms with E-state index < -0.39 is 0 Å². The maximum atomic E-state index is 12.5. The molecule has 0 spiro atoms. The molecule has 5 nitrogen and oxygen atoms in total. The molecule has 2 amide bonds. The van der Waals surface area contributed by atoms with Gasteiger partial charge < -0.3 is 9.47 Å². The Morgan fingerprint density at radius 3 is 2.52 bits per heavy atom. The van der Waals surface area contributed by atoms with Gasteiger partial charge in [0.1, 0.15) is 6.61 Å². The lowest BCUT2D eigenvalue weighted by Crippen LogP contribution is -2.32. The fourth-order valence-electron chi connectivity index (χ4n) is 2.43. The monoisotopic (exact) mass is 423 g/mol.